The first-order valence-corrected chi connectivity index (χ1v) is 7.60. The van der Waals surface area contributed by atoms with Crippen molar-refractivity contribution in [2.75, 3.05) is 24.3 Å². The molecular weight excluding hydrogens is 312 g/mol. The Morgan fingerprint density at radius 1 is 1.17 bits per heavy atom. The Hall–Kier alpha value is -2.53. The zero-order valence-corrected chi connectivity index (χ0v) is 13.7. The third kappa shape index (κ3) is 3.29. The van der Waals surface area contributed by atoms with Crippen LogP contribution >= 0.6 is 11.6 Å². The standard InChI is InChI=1S/C17H17ClN4O/c1-22(2)13-5-3-4-11(8-13)10-19-12-6-7-14-15(9-12)16(18)20-21-17(14)23/h3-9,19H,10H2,1-2H3,(H,21,23). The second kappa shape index (κ2) is 6.30. The summed E-state index contributed by atoms with van der Waals surface area (Å²) in [4.78, 5) is 13.8. The van der Waals surface area contributed by atoms with E-state index in [2.05, 4.69) is 38.6 Å². The maximum atomic E-state index is 11.7. The molecule has 0 amide bonds. The highest BCUT2D eigenvalue weighted by Crippen LogP contribution is 2.22. The molecule has 3 rings (SSSR count). The molecule has 0 fully saturated rings. The van der Waals surface area contributed by atoms with E-state index in [0.717, 1.165) is 11.4 Å². The van der Waals surface area contributed by atoms with Gasteiger partial charge in [-0.05, 0) is 35.9 Å². The van der Waals surface area contributed by atoms with Crippen LogP contribution in [-0.2, 0) is 6.54 Å². The zero-order valence-electron chi connectivity index (χ0n) is 12.9. The van der Waals surface area contributed by atoms with Gasteiger partial charge in [0.25, 0.3) is 5.56 Å². The summed E-state index contributed by atoms with van der Waals surface area (Å²) >= 11 is 6.06. The summed E-state index contributed by atoms with van der Waals surface area (Å²) in [5.74, 6) is 0. The second-order valence-electron chi connectivity index (χ2n) is 5.52. The van der Waals surface area contributed by atoms with E-state index >= 15 is 0 Å². The molecule has 0 aliphatic heterocycles. The summed E-state index contributed by atoms with van der Waals surface area (Å²) in [7, 11) is 4.03. The molecule has 0 saturated carbocycles. The average Bonchev–Trinajstić information content (AvgIpc) is 2.56. The van der Waals surface area contributed by atoms with Crippen molar-refractivity contribution in [2.45, 2.75) is 6.54 Å². The summed E-state index contributed by atoms with van der Waals surface area (Å²) in [6.07, 6.45) is 0. The SMILES string of the molecule is CN(C)c1cccc(CNc2ccc3c(=O)[nH]nc(Cl)c3c2)c1. The van der Waals surface area contributed by atoms with Crippen LogP contribution in [0.25, 0.3) is 10.8 Å². The van der Waals surface area contributed by atoms with Crippen LogP contribution in [0.4, 0.5) is 11.4 Å². The molecule has 6 heteroatoms. The van der Waals surface area contributed by atoms with Crippen LogP contribution in [0, 0.1) is 0 Å². The van der Waals surface area contributed by atoms with Gasteiger partial charge in [-0.2, -0.15) is 5.10 Å². The van der Waals surface area contributed by atoms with Gasteiger partial charge < -0.3 is 10.2 Å². The Kier molecular flexibility index (Phi) is 4.21. The van der Waals surface area contributed by atoms with E-state index in [0.29, 0.717) is 17.3 Å². The van der Waals surface area contributed by atoms with E-state index in [1.54, 1.807) is 6.07 Å². The number of aromatic amines is 1. The Balaban J connectivity index is 1.84. The van der Waals surface area contributed by atoms with E-state index in [4.69, 9.17) is 11.6 Å². The summed E-state index contributed by atoms with van der Waals surface area (Å²) in [6.45, 7) is 0.682. The van der Waals surface area contributed by atoms with Crippen LogP contribution in [0.3, 0.4) is 0 Å². The number of hydrogen-bond donors (Lipinski definition) is 2. The van der Waals surface area contributed by atoms with Gasteiger partial charge in [0, 0.05) is 37.4 Å². The van der Waals surface area contributed by atoms with E-state index in [-0.39, 0.29) is 10.7 Å². The lowest BCUT2D eigenvalue weighted by Gasteiger charge is -2.14. The zero-order chi connectivity index (χ0) is 16.4. The average molecular weight is 329 g/mol. The van der Waals surface area contributed by atoms with Crippen molar-refractivity contribution in [1.29, 1.82) is 0 Å². The van der Waals surface area contributed by atoms with Crippen molar-refractivity contribution < 1.29 is 0 Å². The van der Waals surface area contributed by atoms with Crippen molar-refractivity contribution >= 4 is 33.7 Å². The summed E-state index contributed by atoms with van der Waals surface area (Å²) in [5, 5.41) is 11.0. The predicted molar refractivity (Wildman–Crippen MR) is 95.5 cm³/mol. The lowest BCUT2D eigenvalue weighted by Crippen LogP contribution is -2.10. The van der Waals surface area contributed by atoms with E-state index in [1.165, 1.54) is 5.56 Å². The fourth-order valence-electron chi connectivity index (χ4n) is 2.39. The lowest BCUT2D eigenvalue weighted by molar-refractivity contribution is 1.01. The number of rotatable bonds is 4. The van der Waals surface area contributed by atoms with Crippen LogP contribution in [0.5, 0.6) is 0 Å². The molecule has 3 aromatic rings. The molecule has 2 aromatic carbocycles. The third-order valence-electron chi connectivity index (χ3n) is 3.67. The highest BCUT2D eigenvalue weighted by atomic mass is 35.5. The number of nitrogens with zero attached hydrogens (tertiary/aromatic N) is 2. The van der Waals surface area contributed by atoms with Gasteiger partial charge in [-0.3, -0.25) is 4.79 Å². The number of halogens is 1. The molecule has 0 atom stereocenters. The van der Waals surface area contributed by atoms with Gasteiger partial charge in [0.1, 0.15) is 0 Å². The van der Waals surface area contributed by atoms with Crippen LogP contribution in [0.15, 0.2) is 47.3 Å². The smallest absolute Gasteiger partial charge is 0.272 e. The molecule has 0 spiro atoms. The van der Waals surface area contributed by atoms with Gasteiger partial charge in [-0.25, -0.2) is 5.10 Å². The quantitative estimate of drug-likeness (QED) is 0.771. The number of benzene rings is 2. The number of hydrogen-bond acceptors (Lipinski definition) is 4. The molecule has 0 aliphatic rings. The molecule has 0 unspecified atom stereocenters. The minimum atomic E-state index is -0.241. The summed E-state index contributed by atoms with van der Waals surface area (Å²) in [6, 6.07) is 13.8. The van der Waals surface area contributed by atoms with Gasteiger partial charge in [-0.1, -0.05) is 23.7 Å². The fourth-order valence-corrected chi connectivity index (χ4v) is 2.59. The van der Waals surface area contributed by atoms with Crippen molar-refractivity contribution in [3.05, 3.63) is 63.5 Å². The van der Waals surface area contributed by atoms with E-state index in [1.807, 2.05) is 32.3 Å². The first-order chi connectivity index (χ1) is 11.0. The predicted octanol–water partition coefficient (Wildman–Crippen LogP) is 3.25. The van der Waals surface area contributed by atoms with Crippen LogP contribution in [0.1, 0.15) is 5.56 Å². The number of aromatic nitrogens is 2. The van der Waals surface area contributed by atoms with E-state index < -0.39 is 0 Å². The molecule has 1 aromatic heterocycles. The first-order valence-electron chi connectivity index (χ1n) is 7.22. The van der Waals surface area contributed by atoms with Gasteiger partial charge >= 0.3 is 0 Å². The molecule has 0 saturated heterocycles. The molecule has 0 bridgehead atoms. The van der Waals surface area contributed by atoms with Gasteiger partial charge in [0.05, 0.1) is 5.39 Å². The topological polar surface area (TPSA) is 61.0 Å². The molecule has 5 nitrogen and oxygen atoms in total. The normalized spacial score (nSPS) is 10.7. The highest BCUT2D eigenvalue weighted by Gasteiger charge is 2.06. The number of anilines is 2. The molecule has 1 heterocycles. The molecule has 2 N–H and O–H groups in total. The van der Waals surface area contributed by atoms with Gasteiger partial charge in [0.2, 0.25) is 0 Å². The lowest BCUT2D eigenvalue weighted by atomic mass is 10.1. The summed E-state index contributed by atoms with van der Waals surface area (Å²) in [5.41, 5.74) is 2.98. The Labute approximate surface area is 138 Å². The minimum Gasteiger partial charge on any atom is -0.381 e. The maximum Gasteiger partial charge on any atom is 0.272 e. The van der Waals surface area contributed by atoms with Gasteiger partial charge in [-0.15, -0.1) is 0 Å². The fraction of sp³-hybridized carbons (Fsp3) is 0.176. The Morgan fingerprint density at radius 3 is 2.78 bits per heavy atom. The van der Waals surface area contributed by atoms with Crippen molar-refractivity contribution in [2.24, 2.45) is 0 Å². The van der Waals surface area contributed by atoms with Crippen molar-refractivity contribution in [1.82, 2.24) is 10.2 Å². The number of H-pyrrole nitrogens is 1. The van der Waals surface area contributed by atoms with Crippen LogP contribution < -0.4 is 15.8 Å². The van der Waals surface area contributed by atoms with Gasteiger partial charge in [0.15, 0.2) is 5.15 Å². The largest absolute Gasteiger partial charge is 0.381 e. The molecule has 0 aliphatic carbocycles. The minimum absolute atomic E-state index is 0.241. The second-order valence-corrected chi connectivity index (χ2v) is 5.88. The monoisotopic (exact) mass is 328 g/mol. The number of nitrogens with one attached hydrogen (secondary N) is 2. The summed E-state index contributed by atoms with van der Waals surface area (Å²) < 4.78 is 0. The molecule has 0 radical (unpaired) electrons. The third-order valence-corrected chi connectivity index (χ3v) is 3.95. The molecular formula is C17H17ClN4O. The maximum absolute atomic E-state index is 11.7. The Bertz CT molecular complexity index is 904. The molecule has 118 valence electrons. The Morgan fingerprint density at radius 2 is 2.00 bits per heavy atom. The highest BCUT2D eigenvalue weighted by molar-refractivity contribution is 6.34. The van der Waals surface area contributed by atoms with Crippen molar-refractivity contribution in [3.8, 4) is 0 Å². The van der Waals surface area contributed by atoms with E-state index in [9.17, 15) is 4.79 Å². The molecule has 23 heavy (non-hydrogen) atoms. The van der Waals surface area contributed by atoms with Crippen molar-refractivity contribution in [3.63, 3.8) is 0 Å². The first kappa shape index (κ1) is 15.4. The van der Waals surface area contributed by atoms with Crippen LogP contribution in [0.2, 0.25) is 5.15 Å². The van der Waals surface area contributed by atoms with Crippen LogP contribution in [-0.4, -0.2) is 24.3 Å². The number of fused-ring (bicyclic) bond motifs is 1.